The number of carbonyl (C=O) groups is 2. The number of rotatable bonds is 4. The van der Waals surface area contributed by atoms with Crippen molar-refractivity contribution in [3.63, 3.8) is 0 Å². The number of fused-ring (bicyclic) bond motifs is 1. The van der Waals surface area contributed by atoms with E-state index < -0.39 is 0 Å². The smallest absolute Gasteiger partial charge is 0.321 e. The summed E-state index contributed by atoms with van der Waals surface area (Å²) in [5, 5.41) is 5.76. The number of aryl methyl sites for hydroxylation is 1. The van der Waals surface area contributed by atoms with Gasteiger partial charge in [0.05, 0.1) is 12.1 Å². The summed E-state index contributed by atoms with van der Waals surface area (Å²) in [4.78, 5) is 26.2. The van der Waals surface area contributed by atoms with Crippen LogP contribution in [0.15, 0.2) is 42.5 Å². The van der Waals surface area contributed by atoms with Gasteiger partial charge in [-0.05, 0) is 43.5 Å². The van der Waals surface area contributed by atoms with E-state index in [-0.39, 0.29) is 11.9 Å². The summed E-state index contributed by atoms with van der Waals surface area (Å²) >= 11 is 0. The third-order valence-corrected chi connectivity index (χ3v) is 4.28. The number of urea groups is 1. The quantitative estimate of drug-likeness (QED) is 0.899. The largest absolute Gasteiger partial charge is 0.338 e. The molecule has 0 spiro atoms. The summed E-state index contributed by atoms with van der Waals surface area (Å²) in [6.45, 7) is 5.17. The average Bonchev–Trinajstić information content (AvgIpc) is 2.98. The molecule has 0 fully saturated rings. The predicted octanol–water partition coefficient (Wildman–Crippen LogP) is 3.27. The van der Waals surface area contributed by atoms with Crippen molar-refractivity contribution >= 4 is 23.3 Å². The lowest BCUT2D eigenvalue weighted by Crippen LogP contribution is -2.38. The van der Waals surface area contributed by atoms with Crippen molar-refractivity contribution in [3.8, 4) is 0 Å². The molecule has 1 aliphatic heterocycles. The molecule has 0 bridgehead atoms. The van der Waals surface area contributed by atoms with Gasteiger partial charge in [0.25, 0.3) is 0 Å². The Morgan fingerprint density at radius 2 is 2.00 bits per heavy atom. The van der Waals surface area contributed by atoms with Gasteiger partial charge < -0.3 is 10.6 Å². The molecule has 2 N–H and O–H groups in total. The minimum absolute atomic E-state index is 0.0619. The summed E-state index contributed by atoms with van der Waals surface area (Å²) in [7, 11) is 0. The van der Waals surface area contributed by atoms with E-state index in [2.05, 4.69) is 10.6 Å². The zero-order chi connectivity index (χ0) is 17.8. The Morgan fingerprint density at radius 3 is 2.76 bits per heavy atom. The van der Waals surface area contributed by atoms with Crippen molar-refractivity contribution in [2.24, 2.45) is 0 Å². The van der Waals surface area contributed by atoms with E-state index in [1.54, 1.807) is 4.90 Å². The highest BCUT2D eigenvalue weighted by molar-refractivity contribution is 5.97. The van der Waals surface area contributed by atoms with Crippen LogP contribution in [0.4, 0.5) is 16.2 Å². The standard InChI is InChI=1S/C20H23N3O2/c1-3-21-20(25)23-10-9-16-7-8-17(13-18(16)23)22-19(24)12-15-6-4-5-14(2)11-15/h4-8,11,13H,3,9-10,12H2,1-2H3,(H,21,25)(H,22,24). The van der Waals surface area contributed by atoms with E-state index in [1.807, 2.05) is 56.3 Å². The van der Waals surface area contributed by atoms with Crippen molar-refractivity contribution in [3.05, 3.63) is 59.2 Å². The van der Waals surface area contributed by atoms with E-state index in [0.717, 1.165) is 28.8 Å². The predicted molar refractivity (Wildman–Crippen MR) is 100 cm³/mol. The molecule has 0 saturated carbocycles. The second-order valence-corrected chi connectivity index (χ2v) is 6.29. The number of carbonyl (C=O) groups excluding carboxylic acids is 2. The van der Waals surface area contributed by atoms with Gasteiger partial charge in [0.2, 0.25) is 5.91 Å². The molecular formula is C20H23N3O2. The Bertz CT molecular complexity index is 801. The van der Waals surface area contributed by atoms with Crippen molar-refractivity contribution < 1.29 is 9.59 Å². The molecule has 130 valence electrons. The first-order valence-electron chi connectivity index (χ1n) is 8.60. The van der Waals surface area contributed by atoms with Crippen LogP contribution in [0.1, 0.15) is 23.6 Å². The van der Waals surface area contributed by atoms with Crippen LogP contribution in [0.3, 0.4) is 0 Å². The number of anilines is 2. The normalized spacial score (nSPS) is 12.6. The van der Waals surface area contributed by atoms with Gasteiger partial charge in [-0.15, -0.1) is 0 Å². The molecule has 0 unspecified atom stereocenters. The highest BCUT2D eigenvalue weighted by Crippen LogP contribution is 2.31. The zero-order valence-corrected chi connectivity index (χ0v) is 14.6. The van der Waals surface area contributed by atoms with Crippen LogP contribution in [-0.4, -0.2) is 25.0 Å². The first-order valence-corrected chi connectivity index (χ1v) is 8.60. The SMILES string of the molecule is CCNC(=O)N1CCc2ccc(NC(=O)Cc3cccc(C)c3)cc21. The van der Waals surface area contributed by atoms with Crippen molar-refractivity contribution in [1.29, 1.82) is 0 Å². The molecule has 5 heteroatoms. The molecular weight excluding hydrogens is 314 g/mol. The van der Waals surface area contributed by atoms with Crippen LogP contribution in [0.25, 0.3) is 0 Å². The van der Waals surface area contributed by atoms with Gasteiger partial charge in [0.1, 0.15) is 0 Å². The van der Waals surface area contributed by atoms with E-state index in [1.165, 1.54) is 0 Å². The average molecular weight is 337 g/mol. The molecule has 3 rings (SSSR count). The topological polar surface area (TPSA) is 61.4 Å². The van der Waals surface area contributed by atoms with E-state index in [0.29, 0.717) is 25.2 Å². The number of amides is 3. The lowest BCUT2D eigenvalue weighted by atomic mass is 10.1. The highest BCUT2D eigenvalue weighted by atomic mass is 16.2. The molecule has 1 heterocycles. The lowest BCUT2D eigenvalue weighted by molar-refractivity contribution is -0.115. The minimum Gasteiger partial charge on any atom is -0.338 e. The molecule has 25 heavy (non-hydrogen) atoms. The summed E-state index contributed by atoms with van der Waals surface area (Å²) < 4.78 is 0. The van der Waals surface area contributed by atoms with Crippen LogP contribution in [0.2, 0.25) is 0 Å². The van der Waals surface area contributed by atoms with Gasteiger partial charge in [-0.3, -0.25) is 9.69 Å². The lowest BCUT2D eigenvalue weighted by Gasteiger charge is -2.18. The second kappa shape index (κ2) is 7.38. The first-order chi connectivity index (χ1) is 12.1. The summed E-state index contributed by atoms with van der Waals surface area (Å²) in [5.74, 6) is -0.0619. The number of nitrogens with zero attached hydrogens (tertiary/aromatic N) is 1. The van der Waals surface area contributed by atoms with Gasteiger partial charge >= 0.3 is 6.03 Å². The summed E-state index contributed by atoms with van der Waals surface area (Å²) in [5.41, 5.74) is 4.85. The first kappa shape index (κ1) is 17.0. The molecule has 2 aromatic carbocycles. The molecule has 3 amide bonds. The molecule has 0 aromatic heterocycles. The van der Waals surface area contributed by atoms with Crippen LogP contribution < -0.4 is 15.5 Å². The molecule has 2 aromatic rings. The molecule has 5 nitrogen and oxygen atoms in total. The number of hydrogen-bond acceptors (Lipinski definition) is 2. The maximum absolute atomic E-state index is 12.3. The third-order valence-electron chi connectivity index (χ3n) is 4.28. The maximum atomic E-state index is 12.3. The summed E-state index contributed by atoms with van der Waals surface area (Å²) in [6.07, 6.45) is 1.17. The molecule has 1 aliphatic rings. The molecule has 0 aliphatic carbocycles. The van der Waals surface area contributed by atoms with E-state index in [9.17, 15) is 9.59 Å². The minimum atomic E-state index is -0.0931. The zero-order valence-electron chi connectivity index (χ0n) is 14.6. The fourth-order valence-electron chi connectivity index (χ4n) is 3.13. The highest BCUT2D eigenvalue weighted by Gasteiger charge is 2.24. The molecule has 0 atom stereocenters. The van der Waals surface area contributed by atoms with Crippen LogP contribution in [-0.2, 0) is 17.6 Å². The van der Waals surface area contributed by atoms with Gasteiger partial charge in [0, 0.05) is 18.8 Å². The Labute approximate surface area is 148 Å². The van der Waals surface area contributed by atoms with Crippen molar-refractivity contribution in [2.75, 3.05) is 23.3 Å². The Balaban J connectivity index is 1.71. The van der Waals surface area contributed by atoms with Crippen molar-refractivity contribution in [1.82, 2.24) is 5.32 Å². The van der Waals surface area contributed by atoms with Crippen LogP contribution >= 0.6 is 0 Å². The van der Waals surface area contributed by atoms with Crippen LogP contribution in [0, 0.1) is 6.92 Å². The number of hydrogen-bond donors (Lipinski definition) is 2. The molecule has 0 saturated heterocycles. The Morgan fingerprint density at radius 1 is 1.16 bits per heavy atom. The van der Waals surface area contributed by atoms with E-state index >= 15 is 0 Å². The van der Waals surface area contributed by atoms with Gasteiger partial charge in [-0.25, -0.2) is 4.79 Å². The third kappa shape index (κ3) is 3.99. The fraction of sp³-hybridized carbons (Fsp3) is 0.300. The van der Waals surface area contributed by atoms with Gasteiger partial charge in [-0.2, -0.15) is 0 Å². The van der Waals surface area contributed by atoms with Gasteiger partial charge in [-0.1, -0.05) is 35.9 Å². The maximum Gasteiger partial charge on any atom is 0.321 e. The summed E-state index contributed by atoms with van der Waals surface area (Å²) in [6, 6.07) is 13.6. The Hall–Kier alpha value is -2.82. The number of nitrogens with one attached hydrogen (secondary N) is 2. The fourth-order valence-corrected chi connectivity index (χ4v) is 3.13. The van der Waals surface area contributed by atoms with Gasteiger partial charge in [0.15, 0.2) is 0 Å². The monoisotopic (exact) mass is 337 g/mol. The second-order valence-electron chi connectivity index (χ2n) is 6.29. The number of benzene rings is 2. The Kier molecular flexibility index (Phi) is 5.03. The van der Waals surface area contributed by atoms with Crippen molar-refractivity contribution in [2.45, 2.75) is 26.7 Å². The molecule has 0 radical (unpaired) electrons. The van der Waals surface area contributed by atoms with Crippen LogP contribution in [0.5, 0.6) is 0 Å². The van der Waals surface area contributed by atoms with E-state index in [4.69, 9.17) is 0 Å².